The fourth-order valence-corrected chi connectivity index (χ4v) is 2.42. The molecule has 7 heteroatoms. The van der Waals surface area contributed by atoms with Gasteiger partial charge in [-0.25, -0.2) is 0 Å². The van der Waals surface area contributed by atoms with Crippen LogP contribution < -0.4 is 25.6 Å². The maximum Gasteiger partial charge on any atom is 0.269 e. The molecule has 0 saturated carbocycles. The molecule has 0 atom stereocenters. The summed E-state index contributed by atoms with van der Waals surface area (Å²) in [5, 5.41) is 3.30. The Labute approximate surface area is 158 Å². The third-order valence-electron chi connectivity index (χ3n) is 3.64. The maximum atomic E-state index is 12.3. The van der Waals surface area contributed by atoms with E-state index in [0.29, 0.717) is 28.8 Å². The standard InChI is InChI=1S/C19H23N3O3S/c1-4-13-6-9-15(10-7-13)20-19(26)22-21-18(23)14-8-11-16(25-5-2)17(12-14)24-3/h6-12H,4-5H2,1-3H3,(H,21,23)(H2,20,22,26). The highest BCUT2D eigenvalue weighted by atomic mass is 32.1. The third-order valence-corrected chi connectivity index (χ3v) is 3.84. The highest BCUT2D eigenvalue weighted by Crippen LogP contribution is 2.27. The molecule has 0 aromatic heterocycles. The van der Waals surface area contributed by atoms with Gasteiger partial charge in [-0.05, 0) is 61.5 Å². The largest absolute Gasteiger partial charge is 0.493 e. The van der Waals surface area contributed by atoms with Crippen molar-refractivity contribution in [2.45, 2.75) is 20.3 Å². The smallest absolute Gasteiger partial charge is 0.269 e. The van der Waals surface area contributed by atoms with E-state index in [1.807, 2.05) is 31.2 Å². The molecule has 0 aliphatic rings. The van der Waals surface area contributed by atoms with Crippen LogP contribution in [0.4, 0.5) is 5.69 Å². The van der Waals surface area contributed by atoms with E-state index in [-0.39, 0.29) is 5.91 Å². The Morgan fingerprint density at radius 1 is 1.04 bits per heavy atom. The third kappa shape index (κ3) is 5.35. The molecular weight excluding hydrogens is 350 g/mol. The summed E-state index contributed by atoms with van der Waals surface area (Å²) in [5.41, 5.74) is 7.75. The van der Waals surface area contributed by atoms with Crippen LogP contribution in [0.3, 0.4) is 0 Å². The van der Waals surface area contributed by atoms with Crippen molar-refractivity contribution in [2.24, 2.45) is 0 Å². The van der Waals surface area contributed by atoms with Gasteiger partial charge in [-0.2, -0.15) is 0 Å². The minimum atomic E-state index is -0.336. The van der Waals surface area contributed by atoms with Crippen LogP contribution in [-0.4, -0.2) is 24.7 Å². The number of aryl methyl sites for hydroxylation is 1. The van der Waals surface area contributed by atoms with Gasteiger partial charge in [0.25, 0.3) is 5.91 Å². The van der Waals surface area contributed by atoms with Crippen molar-refractivity contribution >= 4 is 28.9 Å². The number of nitrogens with one attached hydrogen (secondary N) is 3. The maximum absolute atomic E-state index is 12.3. The molecule has 2 rings (SSSR count). The summed E-state index contributed by atoms with van der Waals surface area (Å²) in [7, 11) is 1.53. The topological polar surface area (TPSA) is 71.6 Å². The summed E-state index contributed by atoms with van der Waals surface area (Å²) in [4.78, 5) is 12.3. The summed E-state index contributed by atoms with van der Waals surface area (Å²) < 4.78 is 10.7. The molecule has 0 heterocycles. The second-order valence-corrected chi connectivity index (χ2v) is 5.79. The Bertz CT molecular complexity index is 763. The van der Waals surface area contributed by atoms with E-state index < -0.39 is 0 Å². The Kier molecular flexibility index (Phi) is 7.23. The van der Waals surface area contributed by atoms with Gasteiger partial charge < -0.3 is 14.8 Å². The lowest BCUT2D eigenvalue weighted by Crippen LogP contribution is -2.43. The minimum Gasteiger partial charge on any atom is -0.493 e. The summed E-state index contributed by atoms with van der Waals surface area (Å²) in [5.74, 6) is 0.750. The Morgan fingerprint density at radius 2 is 1.77 bits per heavy atom. The molecule has 0 unspecified atom stereocenters. The fourth-order valence-electron chi connectivity index (χ4n) is 2.26. The Hall–Kier alpha value is -2.80. The van der Waals surface area contributed by atoms with E-state index in [0.717, 1.165) is 12.1 Å². The number of hydrogen-bond donors (Lipinski definition) is 3. The van der Waals surface area contributed by atoms with E-state index >= 15 is 0 Å². The molecule has 0 spiro atoms. The lowest BCUT2D eigenvalue weighted by Gasteiger charge is -2.13. The number of hydrogen-bond acceptors (Lipinski definition) is 4. The number of anilines is 1. The quantitative estimate of drug-likeness (QED) is 0.533. The van der Waals surface area contributed by atoms with Crippen LogP contribution in [-0.2, 0) is 6.42 Å². The average Bonchev–Trinajstić information content (AvgIpc) is 2.67. The van der Waals surface area contributed by atoms with Crippen molar-refractivity contribution in [3.8, 4) is 11.5 Å². The molecule has 0 radical (unpaired) electrons. The molecule has 6 nitrogen and oxygen atoms in total. The number of ether oxygens (including phenoxy) is 2. The van der Waals surface area contributed by atoms with Crippen LogP contribution in [0.2, 0.25) is 0 Å². The van der Waals surface area contributed by atoms with Crippen molar-refractivity contribution in [1.82, 2.24) is 10.9 Å². The van der Waals surface area contributed by atoms with Crippen molar-refractivity contribution in [3.05, 3.63) is 53.6 Å². The zero-order chi connectivity index (χ0) is 18.9. The number of methoxy groups -OCH3 is 1. The van der Waals surface area contributed by atoms with Gasteiger partial charge >= 0.3 is 0 Å². The van der Waals surface area contributed by atoms with Crippen molar-refractivity contribution in [2.75, 3.05) is 19.0 Å². The predicted molar refractivity (Wildman–Crippen MR) is 107 cm³/mol. The zero-order valence-corrected chi connectivity index (χ0v) is 15.9. The van der Waals surface area contributed by atoms with E-state index in [1.165, 1.54) is 12.7 Å². The monoisotopic (exact) mass is 373 g/mol. The van der Waals surface area contributed by atoms with Gasteiger partial charge in [0.1, 0.15) is 0 Å². The van der Waals surface area contributed by atoms with Gasteiger partial charge in [-0.3, -0.25) is 15.6 Å². The number of carbonyl (C=O) groups is 1. The molecule has 2 aromatic carbocycles. The first kappa shape index (κ1) is 19.5. The molecule has 1 amide bonds. The highest BCUT2D eigenvalue weighted by Gasteiger charge is 2.11. The van der Waals surface area contributed by atoms with Gasteiger partial charge in [0, 0.05) is 11.3 Å². The van der Waals surface area contributed by atoms with E-state index in [2.05, 4.69) is 23.1 Å². The molecule has 26 heavy (non-hydrogen) atoms. The highest BCUT2D eigenvalue weighted by molar-refractivity contribution is 7.80. The molecule has 0 aliphatic heterocycles. The molecule has 0 fully saturated rings. The molecule has 0 aliphatic carbocycles. The zero-order valence-electron chi connectivity index (χ0n) is 15.1. The van der Waals surface area contributed by atoms with Crippen molar-refractivity contribution < 1.29 is 14.3 Å². The van der Waals surface area contributed by atoms with Crippen LogP contribution in [0.5, 0.6) is 11.5 Å². The lowest BCUT2D eigenvalue weighted by atomic mass is 10.1. The number of hydrazine groups is 1. The summed E-state index contributed by atoms with van der Waals surface area (Å²) in [6, 6.07) is 12.9. The Morgan fingerprint density at radius 3 is 2.38 bits per heavy atom. The molecule has 138 valence electrons. The SMILES string of the molecule is CCOc1ccc(C(=O)NNC(=S)Nc2ccc(CC)cc2)cc1OC. The fraction of sp³-hybridized carbons (Fsp3) is 0.263. The summed E-state index contributed by atoms with van der Waals surface area (Å²) >= 11 is 5.19. The molecular formula is C19H23N3O3S. The van der Waals surface area contributed by atoms with E-state index in [9.17, 15) is 4.79 Å². The van der Waals surface area contributed by atoms with Gasteiger partial charge in [-0.1, -0.05) is 19.1 Å². The Balaban J connectivity index is 1.91. The number of amides is 1. The van der Waals surface area contributed by atoms with E-state index in [4.69, 9.17) is 21.7 Å². The van der Waals surface area contributed by atoms with Gasteiger partial charge in [0.15, 0.2) is 16.6 Å². The minimum absolute atomic E-state index is 0.292. The van der Waals surface area contributed by atoms with Crippen LogP contribution in [0.15, 0.2) is 42.5 Å². The average molecular weight is 373 g/mol. The lowest BCUT2D eigenvalue weighted by molar-refractivity contribution is 0.0943. The van der Waals surface area contributed by atoms with Crippen LogP contribution in [0, 0.1) is 0 Å². The van der Waals surface area contributed by atoms with Gasteiger partial charge in [0.05, 0.1) is 13.7 Å². The first-order valence-electron chi connectivity index (χ1n) is 8.34. The number of benzene rings is 2. The van der Waals surface area contributed by atoms with E-state index in [1.54, 1.807) is 18.2 Å². The normalized spacial score (nSPS) is 9.96. The molecule has 0 saturated heterocycles. The number of rotatable bonds is 6. The van der Waals surface area contributed by atoms with Gasteiger partial charge in [-0.15, -0.1) is 0 Å². The summed E-state index contributed by atoms with van der Waals surface area (Å²) in [6.45, 7) is 4.50. The van der Waals surface area contributed by atoms with Crippen LogP contribution >= 0.6 is 12.2 Å². The summed E-state index contributed by atoms with van der Waals surface area (Å²) in [6.07, 6.45) is 0.977. The van der Waals surface area contributed by atoms with Crippen molar-refractivity contribution in [1.29, 1.82) is 0 Å². The number of carbonyl (C=O) groups excluding carboxylic acids is 1. The molecule has 2 aromatic rings. The molecule has 3 N–H and O–H groups in total. The number of thiocarbonyl (C=S) groups is 1. The second kappa shape index (κ2) is 9.62. The van der Waals surface area contributed by atoms with Crippen molar-refractivity contribution in [3.63, 3.8) is 0 Å². The first-order valence-corrected chi connectivity index (χ1v) is 8.75. The van der Waals surface area contributed by atoms with Crippen LogP contribution in [0.1, 0.15) is 29.8 Å². The predicted octanol–water partition coefficient (Wildman–Crippen LogP) is 3.29. The molecule has 0 bridgehead atoms. The first-order chi connectivity index (χ1) is 12.6. The van der Waals surface area contributed by atoms with Crippen LogP contribution in [0.25, 0.3) is 0 Å². The second-order valence-electron chi connectivity index (χ2n) is 5.38. The van der Waals surface area contributed by atoms with Gasteiger partial charge in [0.2, 0.25) is 0 Å².